The van der Waals surface area contributed by atoms with Gasteiger partial charge in [0.05, 0.1) is 13.2 Å². The molecule has 10 nitrogen and oxygen atoms in total. The number of piperidine rings is 1. The third-order valence-electron chi connectivity index (χ3n) is 7.64. The van der Waals surface area contributed by atoms with Gasteiger partial charge in [-0.15, -0.1) is 0 Å². The van der Waals surface area contributed by atoms with Crippen molar-refractivity contribution in [3.63, 3.8) is 0 Å². The Morgan fingerprint density at radius 2 is 1.88 bits per heavy atom. The number of furan rings is 1. The average Bonchev–Trinajstić information content (AvgIpc) is 3.44. The van der Waals surface area contributed by atoms with Crippen molar-refractivity contribution in [1.29, 1.82) is 0 Å². The van der Waals surface area contributed by atoms with Gasteiger partial charge in [0.2, 0.25) is 0 Å². The van der Waals surface area contributed by atoms with Crippen LogP contribution in [0.5, 0.6) is 17.2 Å². The molecule has 0 unspecified atom stereocenters. The summed E-state index contributed by atoms with van der Waals surface area (Å²) < 4.78 is 23.4. The van der Waals surface area contributed by atoms with Crippen molar-refractivity contribution in [2.24, 2.45) is 0 Å². The van der Waals surface area contributed by atoms with Crippen LogP contribution in [-0.2, 0) is 11.3 Å². The van der Waals surface area contributed by atoms with Crippen LogP contribution in [0, 0.1) is 6.92 Å². The molecule has 2 atom stereocenters. The number of carbonyl (C=O) groups excluding carboxylic acids is 3. The number of carbonyl (C=O) groups is 3. The van der Waals surface area contributed by atoms with E-state index in [0.29, 0.717) is 58.3 Å². The molecule has 43 heavy (non-hydrogen) atoms. The summed E-state index contributed by atoms with van der Waals surface area (Å²) in [6.07, 6.45) is 0.0524. The van der Waals surface area contributed by atoms with Crippen LogP contribution in [0.1, 0.15) is 38.5 Å². The van der Waals surface area contributed by atoms with Crippen LogP contribution in [0.25, 0.3) is 11.0 Å². The van der Waals surface area contributed by atoms with Crippen molar-refractivity contribution < 1.29 is 33.0 Å². The molecule has 0 aliphatic carbocycles. The maximum atomic E-state index is 13.6. The highest BCUT2D eigenvalue weighted by Crippen LogP contribution is 2.33. The number of benzene rings is 3. The van der Waals surface area contributed by atoms with Gasteiger partial charge in [0, 0.05) is 48.1 Å². The first-order chi connectivity index (χ1) is 20.8. The zero-order valence-corrected chi connectivity index (χ0v) is 24.4. The summed E-state index contributed by atoms with van der Waals surface area (Å²) in [7, 11) is 1.51. The normalized spacial score (nSPS) is 19.0. The van der Waals surface area contributed by atoms with Crippen LogP contribution in [0.2, 0.25) is 5.02 Å². The Balaban J connectivity index is 1.29. The molecule has 1 aromatic heterocycles. The second kappa shape index (κ2) is 11.9. The zero-order chi connectivity index (χ0) is 30.1. The lowest BCUT2D eigenvalue weighted by atomic mass is 10.0. The minimum atomic E-state index is -0.539. The summed E-state index contributed by atoms with van der Waals surface area (Å²) >= 11 is 6.21. The van der Waals surface area contributed by atoms with Gasteiger partial charge in [-0.05, 0) is 54.4 Å². The minimum absolute atomic E-state index is 0.143. The molecular weight excluding hydrogens is 574 g/mol. The molecular formula is C32H30ClN3O7. The van der Waals surface area contributed by atoms with Crippen molar-refractivity contribution in [2.75, 3.05) is 26.8 Å². The van der Waals surface area contributed by atoms with Gasteiger partial charge in [0.1, 0.15) is 17.6 Å². The second-order valence-corrected chi connectivity index (χ2v) is 11.0. The summed E-state index contributed by atoms with van der Waals surface area (Å²) in [4.78, 5) is 41.1. The number of amides is 3. The maximum absolute atomic E-state index is 13.6. The molecule has 222 valence electrons. The third-order valence-corrected chi connectivity index (χ3v) is 7.86. The largest absolute Gasteiger partial charge is 0.493 e. The minimum Gasteiger partial charge on any atom is -0.493 e. The van der Waals surface area contributed by atoms with Gasteiger partial charge in [-0.2, -0.15) is 0 Å². The molecule has 0 spiro atoms. The van der Waals surface area contributed by atoms with E-state index in [1.165, 1.54) is 7.11 Å². The van der Waals surface area contributed by atoms with Crippen LogP contribution >= 0.6 is 11.6 Å². The van der Waals surface area contributed by atoms with Gasteiger partial charge in [-0.25, -0.2) is 0 Å². The molecule has 1 fully saturated rings. The summed E-state index contributed by atoms with van der Waals surface area (Å²) in [5.74, 6) is 0.672. The van der Waals surface area contributed by atoms with Crippen LogP contribution in [0.4, 0.5) is 0 Å². The fourth-order valence-corrected chi connectivity index (χ4v) is 5.51. The van der Waals surface area contributed by atoms with E-state index in [4.69, 9.17) is 30.2 Å². The lowest BCUT2D eigenvalue weighted by molar-refractivity contribution is -0.123. The first-order valence-corrected chi connectivity index (χ1v) is 14.3. The van der Waals surface area contributed by atoms with Gasteiger partial charge < -0.3 is 34.2 Å². The van der Waals surface area contributed by atoms with E-state index in [2.05, 4.69) is 10.6 Å². The molecule has 4 bridgehead atoms. The Morgan fingerprint density at radius 3 is 2.67 bits per heavy atom. The van der Waals surface area contributed by atoms with Crippen molar-refractivity contribution in [2.45, 2.75) is 32.0 Å². The van der Waals surface area contributed by atoms with E-state index in [1.807, 2.05) is 31.2 Å². The Kier molecular flexibility index (Phi) is 7.86. The molecule has 3 amide bonds. The standard InChI is InChI=1S/C32H30ClN3O7/c1-18-3-6-20-12-26(18)41-17-29(37)34-15-19-4-7-23(8-5-19)42-25-9-10-36(16-24(25)35-31(20)38)32(39)28-13-21-11-22(33)14-27(40-2)30(21)43-28/h3-8,11-14,24-25H,9-10,15-17H2,1-2H3,(H,34,37)(H,35,38)/t24-,25-/m0/s1. The predicted molar refractivity (Wildman–Crippen MR) is 159 cm³/mol. The number of likely N-dealkylation sites (tertiary alicyclic amines) is 1. The van der Waals surface area contributed by atoms with Gasteiger partial charge >= 0.3 is 0 Å². The number of rotatable bonds is 2. The summed E-state index contributed by atoms with van der Waals surface area (Å²) in [6, 6.07) is 16.9. The number of fused-ring (bicyclic) bond motifs is 8. The van der Waals surface area contributed by atoms with E-state index in [0.717, 1.165) is 11.1 Å². The number of methoxy groups -OCH3 is 1. The first kappa shape index (κ1) is 28.4. The SMILES string of the molecule is COc1cc(Cl)cc2cc(C(=O)N3CC[C@@H]4Oc5ccc(cc5)CNC(=O)COc5cc(ccc5C)C(=O)N[C@H]4C3)oc12. The van der Waals surface area contributed by atoms with Crippen molar-refractivity contribution >= 4 is 40.3 Å². The molecule has 4 heterocycles. The molecule has 7 rings (SSSR count). The highest BCUT2D eigenvalue weighted by molar-refractivity contribution is 6.31. The lowest BCUT2D eigenvalue weighted by Crippen LogP contribution is -2.58. The fourth-order valence-electron chi connectivity index (χ4n) is 5.30. The van der Waals surface area contributed by atoms with E-state index < -0.39 is 12.1 Å². The molecule has 0 saturated carbocycles. The molecule has 2 N–H and O–H groups in total. The van der Waals surface area contributed by atoms with Gasteiger partial charge in [-0.3, -0.25) is 14.4 Å². The smallest absolute Gasteiger partial charge is 0.289 e. The topological polar surface area (TPSA) is 119 Å². The number of hydrogen-bond acceptors (Lipinski definition) is 7. The highest BCUT2D eigenvalue weighted by atomic mass is 35.5. The van der Waals surface area contributed by atoms with Gasteiger partial charge in [0.25, 0.3) is 17.7 Å². The number of aryl methyl sites for hydroxylation is 1. The number of ether oxygens (including phenoxy) is 3. The van der Waals surface area contributed by atoms with Crippen LogP contribution in [0.3, 0.4) is 0 Å². The maximum Gasteiger partial charge on any atom is 0.289 e. The Hall–Kier alpha value is -4.70. The van der Waals surface area contributed by atoms with E-state index in [1.54, 1.807) is 41.3 Å². The number of nitrogens with zero attached hydrogens (tertiary/aromatic N) is 1. The van der Waals surface area contributed by atoms with E-state index in [-0.39, 0.29) is 36.6 Å². The Labute approximate surface area is 252 Å². The Bertz CT molecular complexity index is 1700. The van der Waals surface area contributed by atoms with Crippen molar-refractivity contribution in [3.05, 3.63) is 88.1 Å². The van der Waals surface area contributed by atoms with Crippen molar-refractivity contribution in [3.8, 4) is 17.2 Å². The second-order valence-electron chi connectivity index (χ2n) is 10.6. The Morgan fingerprint density at radius 1 is 1.07 bits per heavy atom. The van der Waals surface area contributed by atoms with Crippen LogP contribution < -0.4 is 24.8 Å². The molecule has 3 aromatic carbocycles. The van der Waals surface area contributed by atoms with E-state index >= 15 is 0 Å². The summed E-state index contributed by atoms with van der Waals surface area (Å²) in [5, 5.41) is 7.02. The van der Waals surface area contributed by atoms with Gasteiger partial charge in [0.15, 0.2) is 23.7 Å². The average molecular weight is 604 g/mol. The monoisotopic (exact) mass is 603 g/mol. The lowest BCUT2D eigenvalue weighted by Gasteiger charge is -2.38. The number of hydrogen-bond donors (Lipinski definition) is 2. The third kappa shape index (κ3) is 6.10. The number of halogens is 1. The van der Waals surface area contributed by atoms with E-state index in [9.17, 15) is 14.4 Å². The van der Waals surface area contributed by atoms with Crippen LogP contribution in [0.15, 0.2) is 65.1 Å². The zero-order valence-electron chi connectivity index (χ0n) is 23.6. The first-order valence-electron chi connectivity index (χ1n) is 13.9. The predicted octanol–water partition coefficient (Wildman–Crippen LogP) is 4.50. The number of nitrogens with one attached hydrogen (secondary N) is 2. The van der Waals surface area contributed by atoms with Crippen molar-refractivity contribution in [1.82, 2.24) is 15.5 Å². The molecule has 11 heteroatoms. The quantitative estimate of drug-likeness (QED) is 0.346. The molecule has 3 aliphatic heterocycles. The van der Waals surface area contributed by atoms with Gasteiger partial charge in [-0.1, -0.05) is 29.8 Å². The molecule has 3 aliphatic rings. The molecule has 1 saturated heterocycles. The molecule has 0 radical (unpaired) electrons. The molecule has 4 aromatic rings. The van der Waals surface area contributed by atoms with Crippen LogP contribution in [-0.4, -0.2) is 61.6 Å². The fraction of sp³-hybridized carbons (Fsp3) is 0.281. The summed E-state index contributed by atoms with van der Waals surface area (Å²) in [6.45, 7) is 2.57. The highest BCUT2D eigenvalue weighted by Gasteiger charge is 2.36. The summed E-state index contributed by atoms with van der Waals surface area (Å²) in [5.41, 5.74) is 2.48.